The number of aromatic nitrogens is 1. The van der Waals surface area contributed by atoms with E-state index in [1.807, 2.05) is 31.2 Å². The highest BCUT2D eigenvalue weighted by Crippen LogP contribution is 2.40. The molecule has 0 spiro atoms. The molecule has 4 aromatic rings. The molecule has 0 saturated heterocycles. The molecule has 1 aliphatic rings. The van der Waals surface area contributed by atoms with E-state index in [-0.39, 0.29) is 17.6 Å². The number of anilines is 1. The summed E-state index contributed by atoms with van der Waals surface area (Å²) in [6, 6.07) is 18.0. The minimum Gasteiger partial charge on any atom is -0.508 e. The number of carbonyl (C=O) groups is 2. The fourth-order valence-corrected chi connectivity index (χ4v) is 5.52. The molecule has 5 rings (SSSR count). The normalized spacial score (nSPS) is 12.3. The van der Waals surface area contributed by atoms with Crippen molar-refractivity contribution in [2.75, 3.05) is 5.32 Å². The van der Waals surface area contributed by atoms with Gasteiger partial charge in [-0.15, -0.1) is 11.3 Å². The number of hydrogen-bond donors (Lipinski definition) is 3. The molecule has 0 bridgehead atoms. The SMILES string of the molecule is Cc1cc2c(cc1C(=O)NCc1cnc(-c3ccc(O)cc3)s1)NC(=O)c1ccccc1S2. The Morgan fingerprint density at radius 2 is 1.88 bits per heavy atom. The monoisotopic (exact) mass is 473 g/mol. The molecule has 6 nitrogen and oxygen atoms in total. The third-order valence-electron chi connectivity index (χ3n) is 5.26. The maximum atomic E-state index is 13.0. The number of aryl methyl sites for hydroxylation is 1. The molecule has 0 saturated carbocycles. The van der Waals surface area contributed by atoms with Crippen molar-refractivity contribution >= 4 is 40.6 Å². The molecule has 33 heavy (non-hydrogen) atoms. The van der Waals surface area contributed by atoms with Gasteiger partial charge in [0.25, 0.3) is 11.8 Å². The van der Waals surface area contributed by atoms with Crippen molar-refractivity contribution in [2.24, 2.45) is 0 Å². The molecule has 3 aromatic carbocycles. The van der Waals surface area contributed by atoms with Crippen LogP contribution in [0.3, 0.4) is 0 Å². The first kappa shape index (κ1) is 21.2. The first-order valence-corrected chi connectivity index (χ1v) is 11.9. The molecule has 164 valence electrons. The second-order valence-electron chi connectivity index (χ2n) is 7.58. The molecule has 0 radical (unpaired) electrons. The van der Waals surface area contributed by atoms with Gasteiger partial charge in [0.05, 0.1) is 17.8 Å². The molecule has 3 N–H and O–H groups in total. The summed E-state index contributed by atoms with van der Waals surface area (Å²) in [5.41, 5.74) is 3.51. The summed E-state index contributed by atoms with van der Waals surface area (Å²) < 4.78 is 0. The van der Waals surface area contributed by atoms with Gasteiger partial charge in [0.2, 0.25) is 0 Å². The van der Waals surface area contributed by atoms with Gasteiger partial charge in [0, 0.05) is 32.0 Å². The van der Waals surface area contributed by atoms with Crippen LogP contribution in [0.25, 0.3) is 10.6 Å². The number of thiazole rings is 1. The second-order valence-corrected chi connectivity index (χ2v) is 9.78. The van der Waals surface area contributed by atoms with Crippen molar-refractivity contribution in [3.63, 3.8) is 0 Å². The number of phenols is 1. The quantitative estimate of drug-likeness (QED) is 0.366. The lowest BCUT2D eigenvalue weighted by atomic mass is 10.1. The zero-order valence-corrected chi connectivity index (χ0v) is 19.2. The summed E-state index contributed by atoms with van der Waals surface area (Å²) >= 11 is 3.00. The predicted octanol–water partition coefficient (Wildman–Crippen LogP) is 5.47. The van der Waals surface area contributed by atoms with Crippen molar-refractivity contribution in [3.8, 4) is 16.3 Å². The van der Waals surface area contributed by atoms with Crippen LogP contribution in [0.5, 0.6) is 5.75 Å². The number of fused-ring (bicyclic) bond motifs is 2. The lowest BCUT2D eigenvalue weighted by Gasteiger charge is -2.12. The van der Waals surface area contributed by atoms with Gasteiger partial charge in [-0.1, -0.05) is 23.9 Å². The average Bonchev–Trinajstić information content (AvgIpc) is 3.23. The molecule has 2 heterocycles. The van der Waals surface area contributed by atoms with Crippen LogP contribution in [-0.2, 0) is 6.54 Å². The van der Waals surface area contributed by atoms with E-state index < -0.39 is 0 Å². The van der Waals surface area contributed by atoms with Crippen LogP contribution in [-0.4, -0.2) is 21.9 Å². The van der Waals surface area contributed by atoms with Crippen LogP contribution in [0.15, 0.2) is 76.7 Å². The Bertz CT molecular complexity index is 1380. The van der Waals surface area contributed by atoms with E-state index in [9.17, 15) is 14.7 Å². The summed E-state index contributed by atoms with van der Waals surface area (Å²) in [5, 5.41) is 16.2. The molecule has 0 atom stereocenters. The molecule has 8 heteroatoms. The first-order chi connectivity index (χ1) is 16.0. The summed E-state index contributed by atoms with van der Waals surface area (Å²) in [6.07, 6.45) is 1.74. The summed E-state index contributed by atoms with van der Waals surface area (Å²) in [7, 11) is 0. The Kier molecular flexibility index (Phi) is 5.62. The fourth-order valence-electron chi connectivity index (χ4n) is 3.55. The smallest absolute Gasteiger partial charge is 0.256 e. The zero-order chi connectivity index (χ0) is 22.9. The van der Waals surface area contributed by atoms with Crippen molar-refractivity contribution in [1.29, 1.82) is 0 Å². The van der Waals surface area contributed by atoms with Gasteiger partial charge in [-0.2, -0.15) is 0 Å². The maximum Gasteiger partial charge on any atom is 0.256 e. The number of hydrogen-bond acceptors (Lipinski definition) is 6. The highest BCUT2D eigenvalue weighted by molar-refractivity contribution is 7.99. The van der Waals surface area contributed by atoms with E-state index in [1.165, 1.54) is 23.1 Å². The summed E-state index contributed by atoms with van der Waals surface area (Å²) in [5.74, 6) is -0.188. The first-order valence-electron chi connectivity index (χ1n) is 10.2. The number of aromatic hydroxyl groups is 1. The highest BCUT2D eigenvalue weighted by atomic mass is 32.2. The highest BCUT2D eigenvalue weighted by Gasteiger charge is 2.22. The van der Waals surface area contributed by atoms with Gasteiger partial charge in [-0.05, 0) is 61.0 Å². The average molecular weight is 474 g/mol. The largest absolute Gasteiger partial charge is 0.508 e. The second kappa shape index (κ2) is 8.73. The zero-order valence-electron chi connectivity index (χ0n) is 17.6. The van der Waals surface area contributed by atoms with Gasteiger partial charge in [-0.3, -0.25) is 9.59 Å². The third-order valence-corrected chi connectivity index (χ3v) is 7.44. The van der Waals surface area contributed by atoms with Crippen molar-refractivity contribution in [1.82, 2.24) is 10.3 Å². The van der Waals surface area contributed by atoms with Crippen LogP contribution in [0.2, 0.25) is 0 Å². The minimum atomic E-state index is -0.212. The van der Waals surface area contributed by atoms with Crippen LogP contribution < -0.4 is 10.6 Å². The molecule has 2 amide bonds. The number of amides is 2. The minimum absolute atomic E-state index is 0.182. The predicted molar refractivity (Wildman–Crippen MR) is 130 cm³/mol. The molecule has 1 aliphatic heterocycles. The summed E-state index contributed by atoms with van der Waals surface area (Å²) in [4.78, 5) is 32.7. The van der Waals surface area contributed by atoms with Crippen LogP contribution in [0, 0.1) is 6.92 Å². The topological polar surface area (TPSA) is 91.3 Å². The number of nitrogens with zero attached hydrogens (tertiary/aromatic N) is 1. The lowest BCUT2D eigenvalue weighted by molar-refractivity contribution is 0.0949. The number of nitrogens with one attached hydrogen (secondary N) is 2. The number of benzene rings is 3. The van der Waals surface area contributed by atoms with Gasteiger partial charge in [-0.25, -0.2) is 4.98 Å². The van der Waals surface area contributed by atoms with Crippen LogP contribution >= 0.6 is 23.1 Å². The Morgan fingerprint density at radius 1 is 1.09 bits per heavy atom. The van der Waals surface area contributed by atoms with Gasteiger partial charge < -0.3 is 15.7 Å². The molecule has 1 aromatic heterocycles. The Morgan fingerprint density at radius 3 is 2.70 bits per heavy atom. The van der Waals surface area contributed by atoms with E-state index >= 15 is 0 Å². The van der Waals surface area contributed by atoms with Crippen molar-refractivity contribution in [2.45, 2.75) is 23.3 Å². The van der Waals surface area contributed by atoms with E-state index in [0.717, 1.165) is 30.8 Å². The van der Waals surface area contributed by atoms with Crippen molar-refractivity contribution in [3.05, 3.63) is 88.4 Å². The Balaban J connectivity index is 1.32. The standard InChI is InChI=1S/C25H19N3O3S2/c1-14-10-22-20(28-24(31)18-4-2-3-5-21(18)33-22)11-19(14)23(30)26-12-17-13-27-25(32-17)15-6-8-16(29)9-7-15/h2-11,13,29H,12H2,1H3,(H,26,30)(H,28,31). The Labute approximate surface area is 198 Å². The van der Waals surface area contributed by atoms with Crippen LogP contribution in [0.4, 0.5) is 5.69 Å². The van der Waals surface area contributed by atoms with E-state index in [0.29, 0.717) is 23.4 Å². The van der Waals surface area contributed by atoms with Gasteiger partial charge in [0.15, 0.2) is 0 Å². The van der Waals surface area contributed by atoms with E-state index in [2.05, 4.69) is 15.6 Å². The Hall–Kier alpha value is -3.62. The lowest BCUT2D eigenvalue weighted by Crippen LogP contribution is -2.23. The fraction of sp³-hybridized carbons (Fsp3) is 0.0800. The molecular weight excluding hydrogens is 454 g/mol. The maximum absolute atomic E-state index is 13.0. The molecule has 0 aliphatic carbocycles. The van der Waals surface area contributed by atoms with Crippen molar-refractivity contribution < 1.29 is 14.7 Å². The van der Waals surface area contributed by atoms with Crippen LogP contribution in [0.1, 0.15) is 31.2 Å². The molecule has 0 unspecified atom stereocenters. The van der Waals surface area contributed by atoms with Gasteiger partial charge in [0.1, 0.15) is 10.8 Å². The van der Waals surface area contributed by atoms with E-state index in [4.69, 9.17) is 0 Å². The molecular formula is C25H19N3O3S2. The van der Waals surface area contributed by atoms with Gasteiger partial charge >= 0.3 is 0 Å². The number of phenolic OH excluding ortho intramolecular Hbond substituents is 1. The number of carbonyl (C=O) groups excluding carboxylic acids is 2. The molecule has 0 fully saturated rings. The number of rotatable bonds is 4. The van der Waals surface area contributed by atoms with E-state index in [1.54, 1.807) is 42.6 Å². The summed E-state index contributed by atoms with van der Waals surface area (Å²) in [6.45, 7) is 2.24. The third kappa shape index (κ3) is 4.35.